The van der Waals surface area contributed by atoms with Crippen molar-refractivity contribution in [2.24, 2.45) is 0 Å². The Bertz CT molecular complexity index is 760. The molecule has 1 aromatic carbocycles. The molecular weight excluding hydrogens is 266 g/mol. The van der Waals surface area contributed by atoms with E-state index in [-0.39, 0.29) is 5.56 Å². The zero-order valence-corrected chi connectivity index (χ0v) is 10.6. The number of imidazole rings is 1. The Morgan fingerprint density at radius 2 is 2.11 bits per heavy atom. The SMILES string of the molecule is O=C(O)c1cnn2ccn(Cc3ccccc3Cl)c12. The largest absolute Gasteiger partial charge is 0.477 e. The predicted octanol–water partition coefficient (Wildman–Crippen LogP) is 2.54. The highest BCUT2D eigenvalue weighted by molar-refractivity contribution is 6.31. The number of halogens is 1. The van der Waals surface area contributed by atoms with E-state index in [0.717, 1.165) is 5.56 Å². The van der Waals surface area contributed by atoms with Crippen molar-refractivity contribution in [1.82, 2.24) is 14.2 Å². The average Bonchev–Trinajstić information content (AvgIpc) is 2.94. The number of carboxylic acid groups (broad SMARTS) is 1. The Kier molecular flexibility index (Phi) is 2.76. The van der Waals surface area contributed by atoms with E-state index in [2.05, 4.69) is 5.10 Å². The van der Waals surface area contributed by atoms with E-state index in [1.807, 2.05) is 28.8 Å². The van der Waals surface area contributed by atoms with E-state index in [1.165, 1.54) is 6.20 Å². The summed E-state index contributed by atoms with van der Waals surface area (Å²) in [6.07, 6.45) is 4.86. The first-order chi connectivity index (χ1) is 9.16. The number of aromatic nitrogens is 3. The molecule has 0 aliphatic rings. The number of rotatable bonds is 3. The first-order valence-electron chi connectivity index (χ1n) is 5.66. The van der Waals surface area contributed by atoms with Crippen LogP contribution in [-0.4, -0.2) is 25.3 Å². The number of nitrogens with zero attached hydrogens (tertiary/aromatic N) is 3. The molecule has 1 N–H and O–H groups in total. The average molecular weight is 276 g/mol. The van der Waals surface area contributed by atoms with Gasteiger partial charge in [-0.25, -0.2) is 9.31 Å². The quantitative estimate of drug-likeness (QED) is 0.799. The minimum absolute atomic E-state index is 0.178. The fourth-order valence-corrected chi connectivity index (χ4v) is 2.25. The number of fused-ring (bicyclic) bond motifs is 1. The zero-order chi connectivity index (χ0) is 13.4. The van der Waals surface area contributed by atoms with Gasteiger partial charge in [0.25, 0.3) is 0 Å². The number of hydrogen-bond donors (Lipinski definition) is 1. The van der Waals surface area contributed by atoms with Crippen molar-refractivity contribution in [2.45, 2.75) is 6.54 Å². The Hall–Kier alpha value is -2.27. The molecular formula is C13H10ClN3O2. The van der Waals surface area contributed by atoms with Crippen molar-refractivity contribution in [3.63, 3.8) is 0 Å². The lowest BCUT2D eigenvalue weighted by Crippen LogP contribution is -2.03. The summed E-state index contributed by atoms with van der Waals surface area (Å²) < 4.78 is 3.36. The first kappa shape index (κ1) is 11.8. The zero-order valence-electron chi connectivity index (χ0n) is 9.82. The minimum atomic E-state index is -0.992. The summed E-state index contributed by atoms with van der Waals surface area (Å²) in [6.45, 7) is 0.502. The van der Waals surface area contributed by atoms with Gasteiger partial charge in [-0.15, -0.1) is 0 Å². The lowest BCUT2D eigenvalue weighted by atomic mass is 10.2. The molecule has 6 heteroatoms. The monoisotopic (exact) mass is 275 g/mol. The highest BCUT2D eigenvalue weighted by Gasteiger charge is 2.15. The van der Waals surface area contributed by atoms with Gasteiger partial charge >= 0.3 is 5.97 Å². The number of carboxylic acids is 1. The molecule has 5 nitrogen and oxygen atoms in total. The van der Waals surface area contributed by atoms with Crippen molar-refractivity contribution in [3.05, 3.63) is 59.0 Å². The lowest BCUT2D eigenvalue weighted by molar-refractivity contribution is 0.0698. The Morgan fingerprint density at radius 1 is 1.32 bits per heavy atom. The first-order valence-corrected chi connectivity index (χ1v) is 6.04. The third-order valence-electron chi connectivity index (χ3n) is 2.96. The van der Waals surface area contributed by atoms with E-state index >= 15 is 0 Å². The van der Waals surface area contributed by atoms with Crippen molar-refractivity contribution in [1.29, 1.82) is 0 Å². The van der Waals surface area contributed by atoms with Crippen LogP contribution >= 0.6 is 11.6 Å². The smallest absolute Gasteiger partial charge is 0.341 e. The van der Waals surface area contributed by atoms with E-state index in [0.29, 0.717) is 17.2 Å². The molecule has 0 fully saturated rings. The van der Waals surface area contributed by atoms with Gasteiger partial charge in [0.05, 0.1) is 12.7 Å². The maximum atomic E-state index is 11.2. The molecule has 2 aromatic heterocycles. The van der Waals surface area contributed by atoms with Crippen LogP contribution in [0.3, 0.4) is 0 Å². The summed E-state index contributed by atoms with van der Waals surface area (Å²) in [5, 5.41) is 13.8. The van der Waals surface area contributed by atoms with Crippen molar-refractivity contribution in [3.8, 4) is 0 Å². The molecule has 0 saturated carbocycles. The van der Waals surface area contributed by atoms with Gasteiger partial charge in [0, 0.05) is 17.4 Å². The summed E-state index contributed by atoms with van der Waals surface area (Å²) in [4.78, 5) is 11.2. The molecule has 2 heterocycles. The molecule has 3 aromatic rings. The van der Waals surface area contributed by atoms with Crippen LogP contribution in [0.15, 0.2) is 42.9 Å². The Labute approximate surface area is 113 Å². The maximum Gasteiger partial charge on any atom is 0.341 e. The number of benzene rings is 1. The summed E-state index contributed by atoms with van der Waals surface area (Å²) in [5.41, 5.74) is 1.66. The van der Waals surface area contributed by atoms with E-state index in [9.17, 15) is 4.79 Å². The molecule has 0 aliphatic heterocycles. The second-order valence-corrected chi connectivity index (χ2v) is 4.56. The summed E-state index contributed by atoms with van der Waals surface area (Å²) >= 11 is 6.12. The summed E-state index contributed by atoms with van der Waals surface area (Å²) in [5.74, 6) is -0.992. The molecule has 0 unspecified atom stereocenters. The van der Waals surface area contributed by atoms with E-state index in [1.54, 1.807) is 16.9 Å². The molecule has 0 aliphatic carbocycles. The van der Waals surface area contributed by atoms with Gasteiger partial charge in [-0.1, -0.05) is 29.8 Å². The highest BCUT2D eigenvalue weighted by atomic mass is 35.5. The van der Waals surface area contributed by atoms with Crippen LogP contribution in [0, 0.1) is 0 Å². The third-order valence-corrected chi connectivity index (χ3v) is 3.33. The van der Waals surface area contributed by atoms with Gasteiger partial charge in [-0.2, -0.15) is 5.10 Å². The van der Waals surface area contributed by atoms with Gasteiger partial charge < -0.3 is 9.67 Å². The number of aromatic carboxylic acids is 1. The van der Waals surface area contributed by atoms with Crippen LogP contribution < -0.4 is 0 Å². The number of hydrogen-bond acceptors (Lipinski definition) is 2. The van der Waals surface area contributed by atoms with Crippen molar-refractivity contribution >= 4 is 23.2 Å². The topological polar surface area (TPSA) is 59.5 Å². The maximum absolute atomic E-state index is 11.2. The van der Waals surface area contributed by atoms with Gasteiger partial charge in [0.2, 0.25) is 0 Å². The number of carbonyl (C=O) groups is 1. The normalized spacial score (nSPS) is 11.0. The van der Waals surface area contributed by atoms with E-state index < -0.39 is 5.97 Å². The molecule has 0 saturated heterocycles. The molecule has 0 spiro atoms. The molecule has 0 atom stereocenters. The Balaban J connectivity index is 2.08. The molecule has 19 heavy (non-hydrogen) atoms. The van der Waals surface area contributed by atoms with Crippen molar-refractivity contribution < 1.29 is 9.90 Å². The molecule has 3 rings (SSSR count). The van der Waals surface area contributed by atoms with E-state index in [4.69, 9.17) is 16.7 Å². The van der Waals surface area contributed by atoms with Crippen LogP contribution in [0.1, 0.15) is 15.9 Å². The predicted molar refractivity (Wildman–Crippen MR) is 70.7 cm³/mol. The van der Waals surface area contributed by atoms with Gasteiger partial charge in [-0.3, -0.25) is 0 Å². The fraction of sp³-hybridized carbons (Fsp3) is 0.0769. The Morgan fingerprint density at radius 3 is 2.84 bits per heavy atom. The fourth-order valence-electron chi connectivity index (χ4n) is 2.05. The van der Waals surface area contributed by atoms with Crippen LogP contribution in [0.4, 0.5) is 0 Å². The molecule has 0 bridgehead atoms. The molecule has 0 amide bonds. The second-order valence-electron chi connectivity index (χ2n) is 4.15. The minimum Gasteiger partial charge on any atom is -0.477 e. The van der Waals surface area contributed by atoms with Gasteiger partial charge in [0.15, 0.2) is 5.65 Å². The molecule has 0 radical (unpaired) electrons. The van der Waals surface area contributed by atoms with Gasteiger partial charge in [0.1, 0.15) is 5.56 Å². The lowest BCUT2D eigenvalue weighted by Gasteiger charge is -2.06. The van der Waals surface area contributed by atoms with Crippen molar-refractivity contribution in [2.75, 3.05) is 0 Å². The van der Waals surface area contributed by atoms with Crippen LogP contribution in [0.5, 0.6) is 0 Å². The molecule has 96 valence electrons. The third kappa shape index (κ3) is 1.98. The second kappa shape index (κ2) is 4.44. The summed E-state index contributed by atoms with van der Waals surface area (Å²) in [6, 6.07) is 7.48. The van der Waals surface area contributed by atoms with Crippen LogP contribution in [-0.2, 0) is 6.54 Å². The van der Waals surface area contributed by atoms with Crippen LogP contribution in [0.25, 0.3) is 5.65 Å². The summed E-state index contributed by atoms with van der Waals surface area (Å²) in [7, 11) is 0. The highest BCUT2D eigenvalue weighted by Crippen LogP contribution is 2.19. The standard InChI is InChI=1S/C13H10ClN3O2/c14-11-4-2-1-3-9(11)8-16-5-6-17-12(16)10(7-15-17)13(18)19/h1-7H,8H2,(H,18,19). The van der Waals surface area contributed by atoms with Crippen LogP contribution in [0.2, 0.25) is 5.02 Å². The van der Waals surface area contributed by atoms with Gasteiger partial charge in [-0.05, 0) is 11.6 Å².